The Kier molecular flexibility index (Phi) is 4.57. The molecule has 0 unspecified atom stereocenters. The second-order valence-corrected chi connectivity index (χ2v) is 5.96. The number of benzene rings is 1. The predicted octanol–water partition coefficient (Wildman–Crippen LogP) is 3.56. The van der Waals surface area contributed by atoms with Crippen LogP contribution in [0.15, 0.2) is 42.6 Å². The summed E-state index contributed by atoms with van der Waals surface area (Å²) >= 11 is 0. The van der Waals surface area contributed by atoms with Gasteiger partial charge in [-0.3, -0.25) is 9.59 Å². The Labute approximate surface area is 151 Å². The molecule has 0 spiro atoms. The Morgan fingerprint density at radius 1 is 1.26 bits per heavy atom. The molecule has 0 bridgehead atoms. The molecule has 0 radical (unpaired) electrons. The fraction of sp³-hybridized carbons (Fsp3) is 0.222. The standard InChI is InChI=1S/C18H12F3N3O3/c1-22-13-7-6-10(8-23-13)15-14(17(26)27)11-4-2-3-5-12(11)16(25)24(15)9-18(19,20)21/h2-8,14-15H,9H2,(H,26,27)/t14-,15-/m0/s1. The van der Waals surface area contributed by atoms with Crippen LogP contribution in [0.1, 0.15) is 33.4 Å². The summed E-state index contributed by atoms with van der Waals surface area (Å²) in [4.78, 5) is 32.1. The molecule has 1 amide bonds. The number of hydrogen-bond donors (Lipinski definition) is 1. The smallest absolute Gasteiger partial charge is 0.406 e. The average Bonchev–Trinajstić information content (AvgIpc) is 2.62. The van der Waals surface area contributed by atoms with Crippen molar-refractivity contribution in [1.29, 1.82) is 0 Å². The zero-order valence-electron chi connectivity index (χ0n) is 13.6. The van der Waals surface area contributed by atoms with Crippen molar-refractivity contribution in [3.63, 3.8) is 0 Å². The molecule has 2 atom stereocenters. The van der Waals surface area contributed by atoms with E-state index in [0.29, 0.717) is 4.90 Å². The Morgan fingerprint density at radius 3 is 2.52 bits per heavy atom. The Morgan fingerprint density at radius 2 is 1.96 bits per heavy atom. The monoisotopic (exact) mass is 375 g/mol. The lowest BCUT2D eigenvalue weighted by molar-refractivity contribution is -0.153. The van der Waals surface area contributed by atoms with Gasteiger partial charge in [-0.2, -0.15) is 13.2 Å². The molecule has 1 aliphatic heterocycles. The molecule has 27 heavy (non-hydrogen) atoms. The number of carbonyl (C=O) groups is 2. The van der Waals surface area contributed by atoms with Crippen LogP contribution in [-0.2, 0) is 4.79 Å². The van der Waals surface area contributed by atoms with Crippen molar-refractivity contribution in [3.05, 3.63) is 70.7 Å². The first kappa shape index (κ1) is 18.4. The highest BCUT2D eigenvalue weighted by Gasteiger charge is 2.48. The van der Waals surface area contributed by atoms with Gasteiger partial charge in [0.05, 0.1) is 6.04 Å². The summed E-state index contributed by atoms with van der Waals surface area (Å²) in [6.45, 7) is 5.31. The van der Waals surface area contributed by atoms with E-state index in [1.54, 1.807) is 0 Å². The first-order chi connectivity index (χ1) is 12.7. The third kappa shape index (κ3) is 3.46. The van der Waals surface area contributed by atoms with Gasteiger partial charge in [-0.25, -0.2) is 0 Å². The van der Waals surface area contributed by atoms with Gasteiger partial charge in [0.2, 0.25) is 0 Å². The van der Waals surface area contributed by atoms with Gasteiger partial charge < -0.3 is 14.9 Å². The number of carboxylic acid groups (broad SMARTS) is 1. The van der Waals surface area contributed by atoms with Crippen LogP contribution < -0.4 is 0 Å². The van der Waals surface area contributed by atoms with Gasteiger partial charge in [0.25, 0.3) is 11.7 Å². The molecule has 1 aromatic carbocycles. The van der Waals surface area contributed by atoms with Gasteiger partial charge in [0.15, 0.2) is 0 Å². The largest absolute Gasteiger partial charge is 0.481 e. The molecule has 0 aliphatic carbocycles. The number of aromatic nitrogens is 1. The van der Waals surface area contributed by atoms with Gasteiger partial charge in [-0.15, -0.1) is 4.98 Å². The van der Waals surface area contributed by atoms with Crippen LogP contribution in [0.25, 0.3) is 4.85 Å². The van der Waals surface area contributed by atoms with E-state index in [1.165, 1.54) is 36.4 Å². The molecular weight excluding hydrogens is 363 g/mol. The van der Waals surface area contributed by atoms with Crippen LogP contribution in [0, 0.1) is 6.57 Å². The van der Waals surface area contributed by atoms with Crippen molar-refractivity contribution in [2.24, 2.45) is 0 Å². The quantitative estimate of drug-likeness (QED) is 0.833. The van der Waals surface area contributed by atoms with Gasteiger partial charge >= 0.3 is 12.1 Å². The molecule has 9 heteroatoms. The lowest BCUT2D eigenvalue weighted by atomic mass is 9.80. The summed E-state index contributed by atoms with van der Waals surface area (Å²) in [5.41, 5.74) is 0.186. The number of alkyl halides is 3. The third-order valence-corrected chi connectivity index (χ3v) is 4.28. The van der Waals surface area contributed by atoms with E-state index in [1.807, 2.05) is 0 Å². The van der Waals surface area contributed by atoms with Gasteiger partial charge in [-0.05, 0) is 17.7 Å². The molecule has 2 aromatic rings. The summed E-state index contributed by atoms with van der Waals surface area (Å²) < 4.78 is 39.4. The van der Waals surface area contributed by atoms with E-state index < -0.39 is 36.6 Å². The number of rotatable bonds is 3. The Hall–Kier alpha value is -3.41. The molecule has 0 saturated heterocycles. The SMILES string of the molecule is [C-]#[N+]c1ccc([C@H]2[C@@H](C(=O)O)c3ccccc3C(=O)N2CC(F)(F)F)cn1. The first-order valence-corrected chi connectivity index (χ1v) is 7.76. The van der Waals surface area contributed by atoms with E-state index in [0.717, 1.165) is 6.20 Å². The molecule has 6 nitrogen and oxygen atoms in total. The molecule has 1 aromatic heterocycles. The van der Waals surface area contributed by atoms with Crippen molar-refractivity contribution in [2.75, 3.05) is 6.54 Å². The molecule has 138 valence electrons. The number of halogens is 3. The lowest BCUT2D eigenvalue weighted by Gasteiger charge is -2.40. The number of hydrogen-bond acceptors (Lipinski definition) is 3. The van der Waals surface area contributed by atoms with Crippen LogP contribution in [-0.4, -0.2) is 39.6 Å². The zero-order chi connectivity index (χ0) is 19.8. The highest BCUT2D eigenvalue weighted by Crippen LogP contribution is 2.43. The second kappa shape index (κ2) is 6.72. The van der Waals surface area contributed by atoms with E-state index in [-0.39, 0.29) is 22.5 Å². The first-order valence-electron chi connectivity index (χ1n) is 7.76. The summed E-state index contributed by atoms with van der Waals surface area (Å²) in [7, 11) is 0. The molecule has 0 saturated carbocycles. The highest BCUT2D eigenvalue weighted by molar-refractivity contribution is 6.00. The Balaban J connectivity index is 2.21. The van der Waals surface area contributed by atoms with Crippen LogP contribution in [0.2, 0.25) is 0 Å². The van der Waals surface area contributed by atoms with Crippen molar-refractivity contribution in [2.45, 2.75) is 18.1 Å². The maximum Gasteiger partial charge on any atom is 0.406 e. The fourth-order valence-electron chi connectivity index (χ4n) is 3.24. The normalized spacial score (nSPS) is 19.3. The Bertz CT molecular complexity index is 935. The van der Waals surface area contributed by atoms with Crippen LogP contribution in [0.5, 0.6) is 0 Å². The number of nitrogens with zero attached hydrogens (tertiary/aromatic N) is 3. The highest BCUT2D eigenvalue weighted by atomic mass is 19.4. The number of carbonyl (C=O) groups excluding carboxylic acids is 1. The van der Waals surface area contributed by atoms with E-state index >= 15 is 0 Å². The van der Waals surface area contributed by atoms with Crippen LogP contribution >= 0.6 is 0 Å². The van der Waals surface area contributed by atoms with E-state index in [9.17, 15) is 27.9 Å². The van der Waals surface area contributed by atoms with E-state index in [2.05, 4.69) is 9.83 Å². The summed E-state index contributed by atoms with van der Waals surface area (Å²) in [6, 6.07) is 6.92. The van der Waals surface area contributed by atoms with Gasteiger partial charge in [-0.1, -0.05) is 30.8 Å². The van der Waals surface area contributed by atoms with Crippen molar-refractivity contribution < 1.29 is 27.9 Å². The average molecular weight is 375 g/mol. The molecular formula is C18H12F3N3O3. The van der Waals surface area contributed by atoms with Crippen LogP contribution in [0.4, 0.5) is 19.0 Å². The number of amides is 1. The van der Waals surface area contributed by atoms with Crippen LogP contribution in [0.3, 0.4) is 0 Å². The summed E-state index contributed by atoms with van der Waals surface area (Å²) in [5, 5.41) is 9.73. The molecule has 1 N–H and O–H groups in total. The molecule has 3 rings (SSSR count). The number of fused-ring (bicyclic) bond motifs is 1. The summed E-state index contributed by atoms with van der Waals surface area (Å²) in [6.07, 6.45) is -3.58. The summed E-state index contributed by atoms with van der Waals surface area (Å²) in [5.74, 6) is -3.65. The van der Waals surface area contributed by atoms with Crippen molar-refractivity contribution in [1.82, 2.24) is 9.88 Å². The second-order valence-electron chi connectivity index (χ2n) is 5.96. The fourth-order valence-corrected chi connectivity index (χ4v) is 3.24. The third-order valence-electron chi connectivity index (χ3n) is 4.28. The minimum absolute atomic E-state index is 0.00975. The maximum absolute atomic E-state index is 13.1. The van der Waals surface area contributed by atoms with Gasteiger partial charge in [0.1, 0.15) is 18.7 Å². The number of aliphatic carboxylic acids is 1. The number of pyridine rings is 1. The molecule has 0 fully saturated rings. The topological polar surface area (TPSA) is 74.9 Å². The minimum atomic E-state index is -4.72. The van der Waals surface area contributed by atoms with Crippen molar-refractivity contribution >= 4 is 17.7 Å². The zero-order valence-corrected chi connectivity index (χ0v) is 13.6. The minimum Gasteiger partial charge on any atom is -0.481 e. The molecule has 2 heterocycles. The van der Waals surface area contributed by atoms with Crippen molar-refractivity contribution in [3.8, 4) is 0 Å². The predicted molar refractivity (Wildman–Crippen MR) is 87.2 cm³/mol. The molecule has 1 aliphatic rings. The maximum atomic E-state index is 13.1. The van der Waals surface area contributed by atoms with E-state index in [4.69, 9.17) is 6.57 Å². The van der Waals surface area contributed by atoms with Gasteiger partial charge in [0, 0.05) is 11.1 Å². The lowest BCUT2D eigenvalue weighted by Crippen LogP contribution is -2.48. The number of carboxylic acids is 1.